The molecule has 156 valence electrons. The number of anilines is 1. The van der Waals surface area contributed by atoms with Crippen LogP contribution < -0.4 is 10.9 Å². The van der Waals surface area contributed by atoms with Crippen LogP contribution >= 0.6 is 11.6 Å². The fourth-order valence-electron chi connectivity index (χ4n) is 3.35. The summed E-state index contributed by atoms with van der Waals surface area (Å²) in [7, 11) is 0. The molecule has 0 amide bonds. The van der Waals surface area contributed by atoms with E-state index in [0.717, 1.165) is 17.1 Å². The number of aryl methyl sites for hydroxylation is 1. The second-order valence-corrected chi connectivity index (χ2v) is 7.34. The van der Waals surface area contributed by atoms with Crippen molar-refractivity contribution in [3.63, 3.8) is 0 Å². The summed E-state index contributed by atoms with van der Waals surface area (Å²) in [6.45, 7) is 4.16. The van der Waals surface area contributed by atoms with Crippen molar-refractivity contribution in [2.75, 3.05) is 5.32 Å². The first kappa shape index (κ1) is 20.6. The monoisotopic (exact) mass is 433 g/mol. The van der Waals surface area contributed by atoms with Crippen molar-refractivity contribution in [3.8, 4) is 0 Å². The van der Waals surface area contributed by atoms with Crippen LogP contribution in [0, 0.1) is 6.92 Å². The van der Waals surface area contributed by atoms with Gasteiger partial charge in [0, 0.05) is 41.4 Å². The Morgan fingerprint density at radius 2 is 1.97 bits per heavy atom. The van der Waals surface area contributed by atoms with Gasteiger partial charge in [-0.2, -0.15) is 0 Å². The van der Waals surface area contributed by atoms with Crippen LogP contribution in [0.1, 0.15) is 28.5 Å². The maximum atomic E-state index is 13.1. The smallest absolute Gasteiger partial charge is 0.275 e. The zero-order chi connectivity index (χ0) is 22.0. The lowest BCUT2D eigenvalue weighted by atomic mass is 10.0. The van der Waals surface area contributed by atoms with Gasteiger partial charge in [0.15, 0.2) is 5.78 Å². The van der Waals surface area contributed by atoms with Gasteiger partial charge in [-0.1, -0.05) is 17.7 Å². The van der Waals surface area contributed by atoms with Crippen molar-refractivity contribution in [2.45, 2.75) is 20.4 Å². The highest BCUT2D eigenvalue weighted by molar-refractivity contribution is 6.34. The minimum Gasteiger partial charge on any atom is -0.356 e. The molecule has 0 aromatic carbocycles. The molecular formula is C23H20ClN5O2. The SMILES string of the molecule is C/C=C(/Cn1ccc2c(C(=O)c3cccnc3Cl)c[nH]c2c1=O)Nc1cccnc1C. The van der Waals surface area contributed by atoms with E-state index in [9.17, 15) is 9.59 Å². The number of rotatable bonds is 6. The summed E-state index contributed by atoms with van der Waals surface area (Å²) >= 11 is 6.07. The molecule has 0 aliphatic carbocycles. The van der Waals surface area contributed by atoms with Gasteiger partial charge in [0.2, 0.25) is 0 Å². The van der Waals surface area contributed by atoms with E-state index in [-0.39, 0.29) is 16.5 Å². The van der Waals surface area contributed by atoms with Crippen molar-refractivity contribution < 1.29 is 4.79 Å². The summed E-state index contributed by atoms with van der Waals surface area (Å²) in [6, 6.07) is 8.81. The third kappa shape index (κ3) is 4.00. The van der Waals surface area contributed by atoms with Crippen LogP contribution in [0.3, 0.4) is 0 Å². The number of H-pyrrole nitrogens is 1. The highest BCUT2D eigenvalue weighted by Crippen LogP contribution is 2.22. The molecule has 4 rings (SSSR count). The molecule has 0 aliphatic heterocycles. The number of nitrogens with zero attached hydrogens (tertiary/aromatic N) is 3. The highest BCUT2D eigenvalue weighted by atomic mass is 35.5. The second kappa shape index (κ2) is 8.57. The van der Waals surface area contributed by atoms with Crippen molar-refractivity contribution in [1.29, 1.82) is 0 Å². The third-order valence-corrected chi connectivity index (χ3v) is 5.36. The number of carbonyl (C=O) groups excluding carboxylic acids is 1. The number of hydrogen-bond donors (Lipinski definition) is 2. The molecule has 2 N–H and O–H groups in total. The van der Waals surface area contributed by atoms with Gasteiger partial charge in [-0.05, 0) is 44.2 Å². The Labute approximate surface area is 183 Å². The number of pyridine rings is 3. The van der Waals surface area contributed by atoms with E-state index in [2.05, 4.69) is 20.3 Å². The molecule has 0 saturated carbocycles. The minimum atomic E-state index is -0.288. The zero-order valence-electron chi connectivity index (χ0n) is 17.0. The predicted octanol–water partition coefficient (Wildman–Crippen LogP) is 4.33. The fraction of sp³-hybridized carbons (Fsp3) is 0.130. The van der Waals surface area contributed by atoms with Gasteiger partial charge in [-0.15, -0.1) is 0 Å². The second-order valence-electron chi connectivity index (χ2n) is 6.99. The summed E-state index contributed by atoms with van der Waals surface area (Å²) < 4.78 is 1.58. The lowest BCUT2D eigenvalue weighted by Crippen LogP contribution is -2.22. The van der Waals surface area contributed by atoms with Crippen molar-refractivity contribution >= 4 is 34.0 Å². The number of nitrogens with one attached hydrogen (secondary N) is 2. The van der Waals surface area contributed by atoms with Gasteiger partial charge in [-0.3, -0.25) is 14.6 Å². The first-order valence-electron chi connectivity index (χ1n) is 9.69. The summed E-state index contributed by atoms with van der Waals surface area (Å²) in [6.07, 6.45) is 8.39. The molecule has 4 aromatic rings. The molecule has 0 bridgehead atoms. The predicted molar refractivity (Wildman–Crippen MR) is 122 cm³/mol. The van der Waals surface area contributed by atoms with E-state index in [1.54, 1.807) is 35.2 Å². The Kier molecular flexibility index (Phi) is 5.68. The number of fused-ring (bicyclic) bond motifs is 1. The lowest BCUT2D eigenvalue weighted by Gasteiger charge is -2.14. The van der Waals surface area contributed by atoms with Gasteiger partial charge in [-0.25, -0.2) is 4.98 Å². The van der Waals surface area contributed by atoms with Crippen LogP contribution in [-0.4, -0.2) is 25.3 Å². The van der Waals surface area contributed by atoms with E-state index in [1.807, 2.05) is 32.1 Å². The fourth-order valence-corrected chi connectivity index (χ4v) is 3.55. The van der Waals surface area contributed by atoms with E-state index in [1.165, 1.54) is 12.4 Å². The number of allylic oxidation sites excluding steroid dienone is 2. The number of hydrogen-bond acceptors (Lipinski definition) is 5. The quantitative estimate of drug-likeness (QED) is 0.349. The normalized spacial score (nSPS) is 11.6. The summed E-state index contributed by atoms with van der Waals surface area (Å²) in [5, 5.41) is 4.00. The summed E-state index contributed by atoms with van der Waals surface area (Å²) in [5.74, 6) is -0.288. The summed E-state index contributed by atoms with van der Waals surface area (Å²) in [4.78, 5) is 37.2. The molecular weight excluding hydrogens is 414 g/mol. The molecule has 0 radical (unpaired) electrons. The molecule has 8 heteroatoms. The first-order valence-corrected chi connectivity index (χ1v) is 10.1. The number of halogens is 1. The van der Waals surface area contributed by atoms with Crippen molar-refractivity contribution in [3.05, 3.63) is 99.2 Å². The zero-order valence-corrected chi connectivity index (χ0v) is 17.8. The van der Waals surface area contributed by atoms with Gasteiger partial charge in [0.25, 0.3) is 5.56 Å². The van der Waals surface area contributed by atoms with Crippen molar-refractivity contribution in [2.24, 2.45) is 0 Å². The Hall–Kier alpha value is -3.71. The molecule has 0 unspecified atom stereocenters. The van der Waals surface area contributed by atoms with E-state index in [0.29, 0.717) is 28.6 Å². The van der Waals surface area contributed by atoms with Crippen LogP contribution in [0.15, 0.2) is 71.7 Å². The standard InChI is InChI=1S/C23H20ClN5O2/c1-3-15(28-19-7-5-9-25-14(19)2)13-29-11-8-16-18(12-27-20(16)23(29)31)21(30)17-6-4-10-26-22(17)24/h3-12,27-28H,13H2,1-2H3/b15-3-. The highest BCUT2D eigenvalue weighted by Gasteiger charge is 2.19. The van der Waals surface area contributed by atoms with Gasteiger partial charge in [0.05, 0.1) is 23.5 Å². The molecule has 7 nitrogen and oxygen atoms in total. The van der Waals surface area contributed by atoms with Gasteiger partial charge in [0.1, 0.15) is 10.7 Å². The molecule has 0 aliphatic rings. The average molecular weight is 434 g/mol. The lowest BCUT2D eigenvalue weighted by molar-refractivity contribution is 0.104. The number of aromatic nitrogens is 4. The maximum absolute atomic E-state index is 13.1. The first-order chi connectivity index (χ1) is 15.0. The maximum Gasteiger partial charge on any atom is 0.275 e. The average Bonchev–Trinajstić information content (AvgIpc) is 3.21. The molecule has 0 spiro atoms. The Balaban J connectivity index is 1.65. The van der Waals surface area contributed by atoms with Crippen LogP contribution in [-0.2, 0) is 6.54 Å². The molecule has 0 fully saturated rings. The van der Waals surface area contributed by atoms with Crippen LogP contribution in [0.5, 0.6) is 0 Å². The summed E-state index contributed by atoms with van der Waals surface area (Å²) in [5.41, 5.74) is 3.40. The topological polar surface area (TPSA) is 92.7 Å². The molecule has 4 heterocycles. The van der Waals surface area contributed by atoms with Gasteiger partial charge >= 0.3 is 0 Å². The van der Waals surface area contributed by atoms with E-state index < -0.39 is 0 Å². The molecule has 0 atom stereocenters. The molecule has 0 saturated heterocycles. The van der Waals surface area contributed by atoms with E-state index >= 15 is 0 Å². The van der Waals surface area contributed by atoms with Crippen molar-refractivity contribution in [1.82, 2.24) is 19.5 Å². The van der Waals surface area contributed by atoms with Crippen LogP contribution in [0.4, 0.5) is 5.69 Å². The third-order valence-electron chi connectivity index (χ3n) is 5.06. The van der Waals surface area contributed by atoms with Crippen LogP contribution in [0.2, 0.25) is 5.15 Å². The number of carbonyl (C=O) groups is 1. The van der Waals surface area contributed by atoms with E-state index in [4.69, 9.17) is 11.6 Å². The Bertz CT molecular complexity index is 1370. The number of ketones is 1. The minimum absolute atomic E-state index is 0.129. The van der Waals surface area contributed by atoms with Gasteiger partial charge < -0.3 is 14.9 Å². The molecule has 31 heavy (non-hydrogen) atoms. The molecule has 4 aromatic heterocycles. The Morgan fingerprint density at radius 1 is 1.19 bits per heavy atom. The van der Waals surface area contributed by atoms with Crippen LogP contribution in [0.25, 0.3) is 10.9 Å². The largest absolute Gasteiger partial charge is 0.356 e. The number of aromatic amines is 1. The Morgan fingerprint density at radius 3 is 2.71 bits per heavy atom.